The Hall–Kier alpha value is -2.26. The SMILES string of the molecule is CCN1C(=CC=C2C=C(C=Cc3sc4cc(SC)c(OC)cc4[n+]3CC)CCC2)Sc2cc(SC)c(OC)cc21. The number of benzene rings is 2. The van der Waals surface area contributed by atoms with Crippen molar-refractivity contribution >= 4 is 68.6 Å². The summed E-state index contributed by atoms with van der Waals surface area (Å²) in [4.78, 5) is 6.06. The van der Waals surface area contributed by atoms with Crippen LogP contribution in [0.15, 0.2) is 79.4 Å². The molecule has 0 spiro atoms. The van der Waals surface area contributed by atoms with Crippen molar-refractivity contribution in [1.82, 2.24) is 0 Å². The van der Waals surface area contributed by atoms with Crippen LogP contribution in [-0.2, 0) is 6.54 Å². The molecule has 0 saturated heterocycles. The summed E-state index contributed by atoms with van der Waals surface area (Å²) in [6.45, 7) is 6.28. The number of aromatic nitrogens is 1. The molecule has 0 bridgehead atoms. The fourth-order valence-electron chi connectivity index (χ4n) is 5.26. The van der Waals surface area contributed by atoms with E-state index in [4.69, 9.17) is 9.47 Å². The molecule has 2 heterocycles. The zero-order valence-electron chi connectivity index (χ0n) is 24.1. The Morgan fingerprint density at radius 2 is 1.70 bits per heavy atom. The summed E-state index contributed by atoms with van der Waals surface area (Å²) in [5.41, 5.74) is 5.26. The van der Waals surface area contributed by atoms with E-state index in [9.17, 15) is 0 Å². The number of anilines is 1. The molecule has 4 nitrogen and oxygen atoms in total. The Morgan fingerprint density at radius 1 is 0.950 bits per heavy atom. The zero-order chi connectivity index (χ0) is 28.2. The molecule has 2 aromatic carbocycles. The predicted octanol–water partition coefficient (Wildman–Crippen LogP) is 9.19. The lowest BCUT2D eigenvalue weighted by Gasteiger charge is -2.19. The number of allylic oxidation sites excluding steroid dienone is 6. The Morgan fingerprint density at radius 3 is 2.40 bits per heavy atom. The largest absolute Gasteiger partial charge is 0.496 e. The fraction of sp³-hybridized carbons (Fsp3) is 0.344. The van der Waals surface area contributed by atoms with Crippen molar-refractivity contribution < 1.29 is 14.0 Å². The number of ether oxygens (including phenoxy) is 2. The van der Waals surface area contributed by atoms with Gasteiger partial charge in [0.2, 0.25) is 5.52 Å². The van der Waals surface area contributed by atoms with Crippen molar-refractivity contribution in [2.45, 2.75) is 54.3 Å². The van der Waals surface area contributed by atoms with Gasteiger partial charge in [0.15, 0.2) is 0 Å². The van der Waals surface area contributed by atoms with Gasteiger partial charge in [0.05, 0.1) is 40.8 Å². The maximum absolute atomic E-state index is 5.65. The lowest BCUT2D eigenvalue weighted by molar-refractivity contribution is -0.665. The highest BCUT2D eigenvalue weighted by molar-refractivity contribution is 8.03. The lowest BCUT2D eigenvalue weighted by Crippen LogP contribution is -2.33. The van der Waals surface area contributed by atoms with E-state index in [0.717, 1.165) is 37.4 Å². The van der Waals surface area contributed by atoms with Crippen LogP contribution in [0.5, 0.6) is 11.5 Å². The van der Waals surface area contributed by atoms with E-state index in [1.54, 1.807) is 37.7 Å². The van der Waals surface area contributed by atoms with Gasteiger partial charge in [-0.1, -0.05) is 41.3 Å². The van der Waals surface area contributed by atoms with Crippen LogP contribution in [0.1, 0.15) is 38.1 Å². The second-order valence-corrected chi connectivity index (χ2v) is 13.4. The normalized spacial score (nSPS) is 17.4. The minimum absolute atomic E-state index is 0.928. The minimum atomic E-state index is 0.928. The molecule has 2 aliphatic rings. The van der Waals surface area contributed by atoms with Gasteiger partial charge in [0, 0.05) is 23.6 Å². The summed E-state index contributed by atoms with van der Waals surface area (Å²) in [5.74, 6) is 1.90. The van der Waals surface area contributed by atoms with Crippen molar-refractivity contribution in [2.24, 2.45) is 0 Å². The third-order valence-electron chi connectivity index (χ3n) is 7.29. The van der Waals surface area contributed by atoms with Gasteiger partial charge in [-0.05, 0) is 75.0 Å². The first kappa shape index (κ1) is 29.2. The number of aryl methyl sites for hydroxylation is 1. The van der Waals surface area contributed by atoms with E-state index < -0.39 is 0 Å². The topological polar surface area (TPSA) is 25.6 Å². The third kappa shape index (κ3) is 5.87. The van der Waals surface area contributed by atoms with Crippen molar-refractivity contribution in [3.05, 3.63) is 69.8 Å². The van der Waals surface area contributed by atoms with E-state index in [0.29, 0.717) is 0 Å². The summed E-state index contributed by atoms with van der Waals surface area (Å²) in [5, 5.41) is 2.55. The highest BCUT2D eigenvalue weighted by atomic mass is 32.2. The molecular weight excluding hydrogens is 573 g/mol. The number of fused-ring (bicyclic) bond motifs is 2. The Kier molecular flexibility index (Phi) is 9.61. The van der Waals surface area contributed by atoms with Crippen molar-refractivity contribution in [1.29, 1.82) is 0 Å². The smallest absolute Gasteiger partial charge is 0.262 e. The van der Waals surface area contributed by atoms with Gasteiger partial charge in [0.25, 0.3) is 5.01 Å². The maximum atomic E-state index is 5.65. The first-order valence-electron chi connectivity index (χ1n) is 13.6. The van der Waals surface area contributed by atoms with Crippen LogP contribution in [0.25, 0.3) is 16.3 Å². The molecule has 0 fully saturated rings. The van der Waals surface area contributed by atoms with Crippen LogP contribution in [0.2, 0.25) is 0 Å². The molecule has 1 aliphatic carbocycles. The number of thiazole rings is 1. The second-order valence-electron chi connectivity index (χ2n) is 9.53. The summed E-state index contributed by atoms with van der Waals surface area (Å²) in [6.07, 6.45) is 19.2. The average Bonchev–Trinajstić information content (AvgIpc) is 3.53. The second kappa shape index (κ2) is 13.1. The highest BCUT2D eigenvalue weighted by Gasteiger charge is 2.26. The molecule has 0 saturated carbocycles. The maximum Gasteiger partial charge on any atom is 0.262 e. The molecule has 40 heavy (non-hydrogen) atoms. The molecule has 0 amide bonds. The van der Waals surface area contributed by atoms with Crippen LogP contribution in [0, 0.1) is 0 Å². The third-order valence-corrected chi connectivity index (χ3v) is 11.0. The van der Waals surface area contributed by atoms with E-state index in [-0.39, 0.29) is 0 Å². The molecule has 0 atom stereocenters. The molecule has 5 rings (SSSR count). The van der Waals surface area contributed by atoms with E-state index in [2.05, 4.69) is 90.5 Å². The van der Waals surface area contributed by atoms with Crippen molar-refractivity contribution in [3.8, 4) is 11.5 Å². The Labute approximate surface area is 255 Å². The van der Waals surface area contributed by atoms with Gasteiger partial charge in [-0.25, -0.2) is 0 Å². The molecule has 8 heteroatoms. The summed E-state index contributed by atoms with van der Waals surface area (Å²) >= 11 is 7.17. The van der Waals surface area contributed by atoms with Crippen LogP contribution in [0.3, 0.4) is 0 Å². The molecule has 1 aromatic heterocycles. The van der Waals surface area contributed by atoms with Gasteiger partial charge in [0.1, 0.15) is 22.7 Å². The molecular formula is C32H37N2O2S4+. The molecule has 0 unspecified atom stereocenters. The monoisotopic (exact) mass is 609 g/mol. The van der Waals surface area contributed by atoms with Gasteiger partial charge in [-0.15, -0.1) is 23.5 Å². The van der Waals surface area contributed by atoms with Crippen molar-refractivity contribution in [2.75, 3.05) is 38.2 Å². The Balaban J connectivity index is 1.39. The number of rotatable bonds is 9. The highest BCUT2D eigenvalue weighted by Crippen LogP contribution is 2.49. The van der Waals surface area contributed by atoms with E-state index >= 15 is 0 Å². The van der Waals surface area contributed by atoms with Gasteiger partial charge < -0.3 is 14.4 Å². The van der Waals surface area contributed by atoms with Gasteiger partial charge in [-0.3, -0.25) is 0 Å². The molecule has 0 radical (unpaired) electrons. The standard InChI is InChI=1S/C32H37N2O2S4/c1-7-33-23-17-25(35-3)29(37-5)19-27(23)39-31(33)14-12-21-10-9-11-22(16-21)13-15-32-34(8-2)24-18-26(36-4)30(38-6)20-28(24)40-32/h12-20H,7-11H2,1-6H3/q+1. The van der Waals surface area contributed by atoms with Crippen LogP contribution < -0.4 is 18.9 Å². The number of methoxy groups -OCH3 is 2. The van der Waals surface area contributed by atoms with E-state index in [1.165, 1.54) is 58.2 Å². The quantitative estimate of drug-likeness (QED) is 0.177. The molecule has 210 valence electrons. The predicted molar refractivity (Wildman–Crippen MR) is 177 cm³/mol. The molecule has 0 N–H and O–H groups in total. The summed E-state index contributed by atoms with van der Waals surface area (Å²) in [6, 6.07) is 8.89. The van der Waals surface area contributed by atoms with Crippen LogP contribution in [0.4, 0.5) is 5.69 Å². The number of hydrogen-bond donors (Lipinski definition) is 0. The van der Waals surface area contributed by atoms with Gasteiger partial charge in [-0.2, -0.15) is 4.57 Å². The summed E-state index contributed by atoms with van der Waals surface area (Å²) in [7, 11) is 3.51. The lowest BCUT2D eigenvalue weighted by atomic mass is 9.94. The fourth-order valence-corrected chi connectivity index (χ4v) is 8.86. The van der Waals surface area contributed by atoms with Gasteiger partial charge >= 0.3 is 0 Å². The first-order chi connectivity index (χ1) is 19.5. The van der Waals surface area contributed by atoms with Crippen LogP contribution in [-0.4, -0.2) is 33.3 Å². The van der Waals surface area contributed by atoms with Crippen LogP contribution >= 0.6 is 46.6 Å². The number of hydrogen-bond acceptors (Lipinski definition) is 7. The zero-order valence-corrected chi connectivity index (χ0v) is 27.3. The number of thioether (sulfide) groups is 3. The first-order valence-corrected chi connectivity index (χ1v) is 17.7. The average molecular weight is 610 g/mol. The van der Waals surface area contributed by atoms with Crippen molar-refractivity contribution in [3.63, 3.8) is 0 Å². The molecule has 1 aliphatic heterocycles. The summed E-state index contributed by atoms with van der Waals surface area (Å²) < 4.78 is 15.0. The number of nitrogens with zero attached hydrogens (tertiary/aromatic N) is 2. The Bertz CT molecular complexity index is 1530. The van der Waals surface area contributed by atoms with E-state index in [1.807, 2.05) is 23.1 Å². The minimum Gasteiger partial charge on any atom is -0.496 e. The molecule has 3 aromatic rings.